The summed E-state index contributed by atoms with van der Waals surface area (Å²) in [7, 11) is 0. The van der Waals surface area contributed by atoms with Gasteiger partial charge in [0.2, 0.25) is 11.8 Å². The van der Waals surface area contributed by atoms with Crippen molar-refractivity contribution in [2.45, 2.75) is 19.0 Å². The van der Waals surface area contributed by atoms with Gasteiger partial charge >= 0.3 is 0 Å². The third-order valence-corrected chi connectivity index (χ3v) is 4.37. The normalized spacial score (nSPS) is 17.4. The number of piperazine rings is 1. The van der Waals surface area contributed by atoms with E-state index >= 15 is 0 Å². The molecule has 0 spiro atoms. The van der Waals surface area contributed by atoms with Gasteiger partial charge in [0.25, 0.3) is 0 Å². The molecule has 0 aliphatic carbocycles. The van der Waals surface area contributed by atoms with Gasteiger partial charge in [0.05, 0.1) is 12.5 Å². The van der Waals surface area contributed by atoms with E-state index in [1.807, 2.05) is 30.3 Å². The molecule has 0 aromatic heterocycles. The Hall–Kier alpha value is -2.37. The standard InChI is InChI=1S/C19H20ClN3O2/c20-15-6-8-16(9-7-15)22-18(24)12-17-19(25)23(11-10-21-17)13-14-4-2-1-3-5-14/h1-9,17,21H,10-13H2,(H,22,24)/t17-/m1/s1. The fraction of sp³-hybridized carbons (Fsp3) is 0.263. The summed E-state index contributed by atoms with van der Waals surface area (Å²) in [6.45, 7) is 1.89. The Morgan fingerprint density at radius 2 is 1.88 bits per heavy atom. The molecular formula is C19H20ClN3O2. The number of carbonyl (C=O) groups is 2. The summed E-state index contributed by atoms with van der Waals surface area (Å²) < 4.78 is 0. The molecule has 2 amide bonds. The molecule has 0 saturated carbocycles. The number of halogens is 1. The molecule has 5 nitrogen and oxygen atoms in total. The molecule has 0 radical (unpaired) electrons. The first-order chi connectivity index (χ1) is 12.1. The monoisotopic (exact) mass is 357 g/mol. The number of amides is 2. The quantitative estimate of drug-likeness (QED) is 0.864. The van der Waals surface area contributed by atoms with Crippen LogP contribution < -0.4 is 10.6 Å². The van der Waals surface area contributed by atoms with E-state index in [1.54, 1.807) is 29.2 Å². The van der Waals surface area contributed by atoms with Crippen LogP contribution in [0.4, 0.5) is 5.69 Å². The zero-order valence-electron chi connectivity index (χ0n) is 13.7. The minimum atomic E-state index is -0.496. The molecule has 0 bridgehead atoms. The average molecular weight is 358 g/mol. The number of rotatable bonds is 5. The predicted octanol–water partition coefficient (Wildman–Crippen LogP) is 2.67. The molecule has 1 aliphatic heterocycles. The zero-order chi connectivity index (χ0) is 17.6. The van der Waals surface area contributed by atoms with E-state index in [9.17, 15) is 9.59 Å². The molecular weight excluding hydrogens is 338 g/mol. The summed E-state index contributed by atoms with van der Waals surface area (Å²) in [6.07, 6.45) is 0.104. The molecule has 2 N–H and O–H groups in total. The Labute approximate surface area is 152 Å². The molecule has 3 rings (SSSR count). The maximum absolute atomic E-state index is 12.6. The van der Waals surface area contributed by atoms with Crippen LogP contribution in [0.2, 0.25) is 5.02 Å². The summed E-state index contributed by atoms with van der Waals surface area (Å²) in [4.78, 5) is 26.6. The zero-order valence-corrected chi connectivity index (χ0v) is 14.5. The van der Waals surface area contributed by atoms with Crippen LogP contribution in [0.25, 0.3) is 0 Å². The maximum atomic E-state index is 12.6. The first-order valence-corrected chi connectivity index (χ1v) is 8.61. The van der Waals surface area contributed by atoms with Crippen molar-refractivity contribution in [1.29, 1.82) is 0 Å². The predicted molar refractivity (Wildman–Crippen MR) is 98.3 cm³/mol. The number of carbonyl (C=O) groups excluding carboxylic acids is 2. The molecule has 1 fully saturated rings. The molecule has 2 aromatic carbocycles. The highest BCUT2D eigenvalue weighted by atomic mass is 35.5. The Kier molecular flexibility index (Phi) is 5.68. The van der Waals surface area contributed by atoms with E-state index in [2.05, 4.69) is 10.6 Å². The molecule has 1 aliphatic rings. The SMILES string of the molecule is O=C(C[C@H]1NCCN(Cc2ccccc2)C1=O)Nc1ccc(Cl)cc1. The first-order valence-electron chi connectivity index (χ1n) is 8.23. The van der Waals surface area contributed by atoms with Crippen LogP contribution >= 0.6 is 11.6 Å². The van der Waals surface area contributed by atoms with Gasteiger partial charge in [0, 0.05) is 30.3 Å². The van der Waals surface area contributed by atoms with Gasteiger partial charge < -0.3 is 15.5 Å². The van der Waals surface area contributed by atoms with Gasteiger partial charge in [-0.2, -0.15) is 0 Å². The summed E-state index contributed by atoms with van der Waals surface area (Å²) in [5.41, 5.74) is 1.75. The van der Waals surface area contributed by atoms with Gasteiger partial charge in [0.15, 0.2) is 0 Å². The van der Waals surface area contributed by atoms with Crippen LogP contribution in [0.3, 0.4) is 0 Å². The molecule has 0 unspecified atom stereocenters. The summed E-state index contributed by atoms with van der Waals surface area (Å²) in [5.74, 6) is -0.240. The van der Waals surface area contributed by atoms with Crippen LogP contribution in [0.1, 0.15) is 12.0 Å². The third-order valence-electron chi connectivity index (χ3n) is 4.12. The van der Waals surface area contributed by atoms with Crippen molar-refractivity contribution in [3.05, 3.63) is 65.2 Å². The number of benzene rings is 2. The lowest BCUT2D eigenvalue weighted by molar-refractivity contribution is -0.138. The second-order valence-corrected chi connectivity index (χ2v) is 6.45. The van der Waals surface area contributed by atoms with Crippen LogP contribution in [0.5, 0.6) is 0 Å². The van der Waals surface area contributed by atoms with E-state index in [4.69, 9.17) is 11.6 Å². The van der Waals surface area contributed by atoms with Crippen LogP contribution in [0, 0.1) is 0 Å². The number of nitrogens with zero attached hydrogens (tertiary/aromatic N) is 1. The van der Waals surface area contributed by atoms with Gasteiger partial charge in [-0.05, 0) is 29.8 Å². The van der Waals surface area contributed by atoms with Gasteiger partial charge in [-0.15, -0.1) is 0 Å². The Bertz CT molecular complexity index is 734. The molecule has 6 heteroatoms. The number of hydrogen-bond acceptors (Lipinski definition) is 3. The number of anilines is 1. The van der Waals surface area contributed by atoms with Crippen LogP contribution in [-0.4, -0.2) is 35.8 Å². The summed E-state index contributed by atoms with van der Waals surface area (Å²) in [6, 6.07) is 16.3. The van der Waals surface area contributed by atoms with E-state index in [0.29, 0.717) is 30.3 Å². The number of nitrogens with one attached hydrogen (secondary N) is 2. The minimum absolute atomic E-state index is 0.0404. The van der Waals surface area contributed by atoms with Gasteiger partial charge in [0.1, 0.15) is 0 Å². The largest absolute Gasteiger partial charge is 0.336 e. The van der Waals surface area contributed by atoms with Crippen molar-refractivity contribution in [3.63, 3.8) is 0 Å². The molecule has 130 valence electrons. The third kappa shape index (κ3) is 4.81. The smallest absolute Gasteiger partial charge is 0.240 e. The van der Waals surface area contributed by atoms with Gasteiger partial charge in [-0.25, -0.2) is 0 Å². The van der Waals surface area contributed by atoms with Gasteiger partial charge in [-0.1, -0.05) is 41.9 Å². The lowest BCUT2D eigenvalue weighted by Crippen LogP contribution is -2.55. The Morgan fingerprint density at radius 1 is 1.16 bits per heavy atom. The lowest BCUT2D eigenvalue weighted by atomic mass is 10.1. The number of hydrogen-bond donors (Lipinski definition) is 2. The second kappa shape index (κ2) is 8.14. The van der Waals surface area contributed by atoms with Crippen molar-refractivity contribution >= 4 is 29.1 Å². The molecule has 2 aromatic rings. The molecule has 1 heterocycles. The van der Waals surface area contributed by atoms with E-state index in [-0.39, 0.29) is 18.2 Å². The summed E-state index contributed by atoms with van der Waals surface area (Å²) in [5, 5.41) is 6.54. The highest BCUT2D eigenvalue weighted by Crippen LogP contribution is 2.15. The lowest BCUT2D eigenvalue weighted by Gasteiger charge is -2.33. The Balaban J connectivity index is 1.57. The molecule has 1 saturated heterocycles. The fourth-order valence-corrected chi connectivity index (χ4v) is 2.97. The highest BCUT2D eigenvalue weighted by molar-refractivity contribution is 6.30. The molecule has 1 atom stereocenters. The van der Waals surface area contributed by atoms with E-state index in [0.717, 1.165) is 5.56 Å². The first kappa shape index (κ1) is 17.5. The van der Waals surface area contributed by atoms with E-state index in [1.165, 1.54) is 0 Å². The van der Waals surface area contributed by atoms with Crippen LogP contribution in [-0.2, 0) is 16.1 Å². The summed E-state index contributed by atoms with van der Waals surface area (Å²) >= 11 is 5.83. The Morgan fingerprint density at radius 3 is 2.60 bits per heavy atom. The maximum Gasteiger partial charge on any atom is 0.240 e. The van der Waals surface area contributed by atoms with Crippen molar-refractivity contribution in [2.24, 2.45) is 0 Å². The van der Waals surface area contributed by atoms with Gasteiger partial charge in [-0.3, -0.25) is 9.59 Å². The average Bonchev–Trinajstić information content (AvgIpc) is 2.61. The van der Waals surface area contributed by atoms with Crippen molar-refractivity contribution in [1.82, 2.24) is 10.2 Å². The van der Waals surface area contributed by atoms with Crippen molar-refractivity contribution in [3.8, 4) is 0 Å². The van der Waals surface area contributed by atoms with Crippen molar-refractivity contribution in [2.75, 3.05) is 18.4 Å². The van der Waals surface area contributed by atoms with Crippen molar-refractivity contribution < 1.29 is 9.59 Å². The highest BCUT2D eigenvalue weighted by Gasteiger charge is 2.30. The topological polar surface area (TPSA) is 61.4 Å². The van der Waals surface area contributed by atoms with E-state index < -0.39 is 6.04 Å². The minimum Gasteiger partial charge on any atom is -0.336 e. The van der Waals surface area contributed by atoms with Crippen LogP contribution in [0.15, 0.2) is 54.6 Å². The second-order valence-electron chi connectivity index (χ2n) is 6.01. The molecule has 25 heavy (non-hydrogen) atoms. The fourth-order valence-electron chi connectivity index (χ4n) is 2.84.